The van der Waals surface area contributed by atoms with Gasteiger partial charge in [0.1, 0.15) is 17.7 Å². The average molecular weight is 488 g/mol. The summed E-state index contributed by atoms with van der Waals surface area (Å²) in [7, 11) is 0. The van der Waals surface area contributed by atoms with Crippen LogP contribution in [0.2, 0.25) is 0 Å². The van der Waals surface area contributed by atoms with Crippen LogP contribution < -0.4 is 9.80 Å². The van der Waals surface area contributed by atoms with Crippen molar-refractivity contribution in [1.29, 1.82) is 5.26 Å². The quantitative estimate of drug-likeness (QED) is 0.543. The molecule has 2 fully saturated rings. The number of piperazine rings is 1. The molecule has 0 N–H and O–H groups in total. The highest BCUT2D eigenvalue weighted by molar-refractivity contribution is 6.00. The molecule has 0 bridgehead atoms. The number of carbonyl (C=O) groups excluding carboxylic acids is 1. The number of nitrogens with zero attached hydrogens (tertiary/aromatic N) is 7. The van der Waals surface area contributed by atoms with E-state index >= 15 is 0 Å². The molecular weight excluding hydrogens is 454 g/mol. The Labute approximate surface area is 211 Å². The first kappa shape index (κ1) is 23.9. The molecule has 1 atom stereocenters. The Morgan fingerprint density at radius 1 is 1.11 bits per heavy atom. The first-order valence-electron chi connectivity index (χ1n) is 12.6. The number of aromatic nitrogens is 3. The van der Waals surface area contributed by atoms with Crippen LogP contribution in [0.3, 0.4) is 0 Å². The normalized spacial score (nSPS) is 18.5. The lowest BCUT2D eigenvalue weighted by molar-refractivity contribution is 0.0159. The van der Waals surface area contributed by atoms with Gasteiger partial charge in [-0.3, -0.25) is 4.57 Å². The van der Waals surface area contributed by atoms with Gasteiger partial charge in [-0.05, 0) is 58.7 Å². The molecule has 0 saturated carbocycles. The molecule has 2 aliphatic rings. The first-order valence-corrected chi connectivity index (χ1v) is 12.6. The minimum Gasteiger partial charge on any atom is -0.444 e. The molecule has 2 aliphatic heterocycles. The molecule has 0 spiro atoms. The lowest BCUT2D eigenvalue weighted by atomic mass is 10.1. The number of fused-ring (bicyclic) bond motifs is 1. The summed E-state index contributed by atoms with van der Waals surface area (Å²) in [5, 5.41) is 10.4. The maximum Gasteiger partial charge on any atom is 0.410 e. The van der Waals surface area contributed by atoms with E-state index in [1.54, 1.807) is 11.2 Å². The van der Waals surface area contributed by atoms with Gasteiger partial charge in [-0.2, -0.15) is 5.26 Å². The second kappa shape index (κ2) is 9.34. The molecule has 2 aromatic heterocycles. The van der Waals surface area contributed by atoms with Crippen LogP contribution in [-0.4, -0.2) is 69.9 Å². The van der Waals surface area contributed by atoms with Crippen LogP contribution in [0.25, 0.3) is 16.7 Å². The summed E-state index contributed by atoms with van der Waals surface area (Å²) in [5.41, 5.74) is 2.92. The SMILES string of the molecule is C[C@@H]1CN(c2ncnc3c2c(N2CCCC2)cn3-c2cccc(C#N)c2)CCN1C(=O)OC(C)(C)C. The summed E-state index contributed by atoms with van der Waals surface area (Å²) in [4.78, 5) is 28.7. The fraction of sp³-hybridized carbons (Fsp3) is 0.481. The summed E-state index contributed by atoms with van der Waals surface area (Å²) >= 11 is 0. The number of hydrogen-bond acceptors (Lipinski definition) is 7. The lowest BCUT2D eigenvalue weighted by Crippen LogP contribution is -2.55. The van der Waals surface area contributed by atoms with Crippen LogP contribution >= 0.6 is 0 Å². The Bertz CT molecular complexity index is 1310. The van der Waals surface area contributed by atoms with Gasteiger partial charge in [-0.15, -0.1) is 0 Å². The van der Waals surface area contributed by atoms with Gasteiger partial charge >= 0.3 is 6.09 Å². The van der Waals surface area contributed by atoms with Crippen LogP contribution in [0, 0.1) is 11.3 Å². The maximum atomic E-state index is 12.7. The van der Waals surface area contributed by atoms with Crippen LogP contribution in [0.5, 0.6) is 0 Å². The van der Waals surface area contributed by atoms with E-state index in [-0.39, 0.29) is 12.1 Å². The Morgan fingerprint density at radius 2 is 1.89 bits per heavy atom. The number of ether oxygens (including phenoxy) is 1. The van der Waals surface area contributed by atoms with Crippen molar-refractivity contribution in [1.82, 2.24) is 19.4 Å². The van der Waals surface area contributed by atoms with Crippen LogP contribution in [-0.2, 0) is 4.74 Å². The van der Waals surface area contributed by atoms with E-state index in [9.17, 15) is 10.1 Å². The third-order valence-corrected chi connectivity index (χ3v) is 6.80. The van der Waals surface area contributed by atoms with Gasteiger partial charge in [0.05, 0.1) is 22.7 Å². The van der Waals surface area contributed by atoms with E-state index in [0.29, 0.717) is 25.2 Å². The third-order valence-electron chi connectivity index (χ3n) is 6.80. The highest BCUT2D eigenvalue weighted by Gasteiger charge is 2.33. The lowest BCUT2D eigenvalue weighted by Gasteiger charge is -2.41. The molecule has 2 saturated heterocycles. The van der Waals surface area contributed by atoms with Crippen molar-refractivity contribution in [3.8, 4) is 11.8 Å². The average Bonchev–Trinajstić information content (AvgIpc) is 3.51. The number of anilines is 2. The molecule has 188 valence electrons. The summed E-state index contributed by atoms with van der Waals surface area (Å²) < 4.78 is 7.69. The van der Waals surface area contributed by atoms with E-state index in [0.717, 1.165) is 54.2 Å². The number of rotatable bonds is 3. The van der Waals surface area contributed by atoms with Gasteiger partial charge < -0.3 is 19.4 Å². The van der Waals surface area contributed by atoms with E-state index in [1.807, 2.05) is 45.0 Å². The molecular formula is C27H33N7O2. The molecule has 3 aromatic rings. The largest absolute Gasteiger partial charge is 0.444 e. The van der Waals surface area contributed by atoms with E-state index < -0.39 is 5.60 Å². The minimum absolute atomic E-state index is 0.0248. The maximum absolute atomic E-state index is 12.7. The topological polar surface area (TPSA) is 90.5 Å². The van der Waals surface area contributed by atoms with Gasteiger partial charge in [-0.25, -0.2) is 14.8 Å². The smallest absolute Gasteiger partial charge is 0.410 e. The van der Waals surface area contributed by atoms with Gasteiger partial charge in [0.25, 0.3) is 0 Å². The number of nitriles is 1. The zero-order chi connectivity index (χ0) is 25.4. The molecule has 0 aliphatic carbocycles. The van der Waals surface area contributed by atoms with Crippen LogP contribution in [0.15, 0.2) is 36.8 Å². The van der Waals surface area contributed by atoms with Crippen molar-refractivity contribution >= 4 is 28.6 Å². The van der Waals surface area contributed by atoms with Crippen molar-refractivity contribution in [2.24, 2.45) is 0 Å². The molecule has 36 heavy (non-hydrogen) atoms. The zero-order valence-corrected chi connectivity index (χ0v) is 21.4. The van der Waals surface area contributed by atoms with E-state index in [1.165, 1.54) is 0 Å². The highest BCUT2D eigenvalue weighted by atomic mass is 16.6. The predicted octanol–water partition coefficient (Wildman–Crippen LogP) is 4.34. The third kappa shape index (κ3) is 4.55. The summed E-state index contributed by atoms with van der Waals surface area (Å²) in [5.74, 6) is 0.882. The first-order chi connectivity index (χ1) is 17.2. The number of carbonyl (C=O) groups is 1. The van der Waals surface area contributed by atoms with Crippen molar-refractivity contribution < 1.29 is 9.53 Å². The van der Waals surface area contributed by atoms with Gasteiger partial charge in [-0.1, -0.05) is 6.07 Å². The predicted molar refractivity (Wildman–Crippen MR) is 140 cm³/mol. The molecule has 5 rings (SSSR count). The second-order valence-electron chi connectivity index (χ2n) is 10.6. The Kier molecular flexibility index (Phi) is 6.20. The molecule has 1 amide bonds. The monoisotopic (exact) mass is 487 g/mol. The van der Waals surface area contributed by atoms with Crippen molar-refractivity contribution in [2.45, 2.75) is 52.2 Å². The Morgan fingerprint density at radius 3 is 2.58 bits per heavy atom. The van der Waals surface area contributed by atoms with Gasteiger partial charge in [0.15, 0.2) is 5.65 Å². The highest BCUT2D eigenvalue weighted by Crippen LogP contribution is 2.38. The van der Waals surface area contributed by atoms with E-state index in [2.05, 4.69) is 33.6 Å². The Balaban J connectivity index is 1.53. The molecule has 9 nitrogen and oxygen atoms in total. The summed E-state index contributed by atoms with van der Waals surface area (Å²) in [6.45, 7) is 11.6. The number of hydrogen-bond donors (Lipinski definition) is 0. The molecule has 0 unspecified atom stereocenters. The molecule has 4 heterocycles. The van der Waals surface area contributed by atoms with Crippen molar-refractivity contribution in [3.63, 3.8) is 0 Å². The fourth-order valence-corrected chi connectivity index (χ4v) is 5.13. The van der Waals surface area contributed by atoms with Crippen LogP contribution in [0.1, 0.15) is 46.1 Å². The number of benzene rings is 1. The number of amides is 1. The van der Waals surface area contributed by atoms with Gasteiger partial charge in [0.2, 0.25) is 0 Å². The second-order valence-corrected chi connectivity index (χ2v) is 10.6. The Hall–Kier alpha value is -3.80. The van der Waals surface area contributed by atoms with Crippen LogP contribution in [0.4, 0.5) is 16.3 Å². The molecule has 9 heteroatoms. The molecule has 1 aromatic carbocycles. The van der Waals surface area contributed by atoms with E-state index in [4.69, 9.17) is 14.7 Å². The summed E-state index contributed by atoms with van der Waals surface area (Å²) in [6, 6.07) is 9.80. The standard InChI is InChI=1S/C27H33N7O2/c1-19-16-32(12-13-33(19)26(35)36-27(2,3)4)24-23-22(31-10-5-6-11-31)17-34(25(23)30-18-29-24)21-9-7-8-20(14-21)15-28/h7-9,14,17-19H,5-6,10-13,16H2,1-4H3/t19-/m1/s1. The van der Waals surface area contributed by atoms with Crippen molar-refractivity contribution in [3.05, 3.63) is 42.4 Å². The minimum atomic E-state index is -0.525. The summed E-state index contributed by atoms with van der Waals surface area (Å²) in [6.07, 6.45) is 5.78. The zero-order valence-electron chi connectivity index (χ0n) is 21.4. The van der Waals surface area contributed by atoms with Gasteiger partial charge in [0, 0.05) is 50.6 Å². The fourth-order valence-electron chi connectivity index (χ4n) is 5.13. The van der Waals surface area contributed by atoms with Crippen molar-refractivity contribution in [2.75, 3.05) is 42.5 Å². The molecule has 0 radical (unpaired) electrons.